The topological polar surface area (TPSA) is 57.5 Å². The molecule has 2 N–H and O–H groups in total. The van der Waals surface area contributed by atoms with Gasteiger partial charge in [0.05, 0.1) is 6.10 Å². The molecule has 0 aromatic carbocycles. The van der Waals surface area contributed by atoms with Crippen LogP contribution in [-0.4, -0.2) is 22.3 Å². The van der Waals surface area contributed by atoms with Crippen LogP contribution in [0.2, 0.25) is 0 Å². The highest BCUT2D eigenvalue weighted by Crippen LogP contribution is 2.16. The maximum atomic E-state index is 10.4. The van der Waals surface area contributed by atoms with E-state index in [0.717, 1.165) is 25.7 Å². The molecule has 0 amide bonds. The highest BCUT2D eigenvalue weighted by Gasteiger charge is 2.04. The van der Waals surface area contributed by atoms with E-state index in [4.69, 9.17) is 5.11 Å². The number of aliphatic hydroxyl groups is 1. The van der Waals surface area contributed by atoms with Gasteiger partial charge in [-0.15, -0.1) is 0 Å². The van der Waals surface area contributed by atoms with Crippen molar-refractivity contribution in [1.29, 1.82) is 0 Å². The van der Waals surface area contributed by atoms with Gasteiger partial charge < -0.3 is 10.2 Å². The summed E-state index contributed by atoms with van der Waals surface area (Å²) in [5.41, 5.74) is 0. The molecular weight excluding hydrogens is 384 g/mol. The smallest absolute Gasteiger partial charge is 0.303 e. The number of unbranched alkanes of at least 4 members (excludes halogenated alkanes) is 20. The number of carboxylic acid groups (broad SMARTS) is 1. The molecule has 0 heterocycles. The van der Waals surface area contributed by atoms with Crippen molar-refractivity contribution in [2.75, 3.05) is 0 Å². The van der Waals surface area contributed by atoms with Gasteiger partial charge in [0, 0.05) is 6.42 Å². The van der Waals surface area contributed by atoms with Crippen LogP contribution in [0.1, 0.15) is 167 Å². The predicted molar refractivity (Wildman–Crippen MR) is 135 cm³/mol. The number of aliphatic carboxylic acids is 1. The van der Waals surface area contributed by atoms with Gasteiger partial charge in [0.2, 0.25) is 0 Å². The molecule has 3 heteroatoms. The van der Waals surface area contributed by atoms with E-state index in [1.807, 2.05) is 0 Å². The lowest BCUT2D eigenvalue weighted by Gasteiger charge is -2.10. The molecule has 0 aromatic heterocycles. The summed E-state index contributed by atoms with van der Waals surface area (Å²) in [7, 11) is 0. The monoisotopic (exact) mass is 440 g/mol. The fourth-order valence-electron chi connectivity index (χ4n) is 4.44. The number of hydrogen-bond donors (Lipinski definition) is 2. The van der Waals surface area contributed by atoms with E-state index >= 15 is 0 Å². The van der Waals surface area contributed by atoms with Crippen LogP contribution < -0.4 is 0 Å². The summed E-state index contributed by atoms with van der Waals surface area (Å²) in [6.45, 7) is 2.28. The van der Waals surface area contributed by atoms with E-state index < -0.39 is 5.97 Å². The molecule has 0 saturated heterocycles. The molecule has 0 rings (SSSR count). The van der Waals surface area contributed by atoms with Gasteiger partial charge >= 0.3 is 5.97 Å². The van der Waals surface area contributed by atoms with Crippen molar-refractivity contribution < 1.29 is 15.0 Å². The average Bonchev–Trinajstić information content (AvgIpc) is 2.75. The first kappa shape index (κ1) is 30.4. The third-order valence-electron chi connectivity index (χ3n) is 6.57. The standard InChI is InChI=1S/C28H56O3/c1-2-3-4-5-6-7-8-9-12-15-18-21-24-27(29)25-22-19-16-13-10-11-14-17-20-23-26-28(30)31/h27,29H,2-26H2,1H3,(H,30,31). The number of carbonyl (C=O) groups is 1. The highest BCUT2D eigenvalue weighted by atomic mass is 16.4. The Hall–Kier alpha value is -0.570. The van der Waals surface area contributed by atoms with Crippen molar-refractivity contribution in [3.63, 3.8) is 0 Å². The fraction of sp³-hybridized carbons (Fsp3) is 0.964. The third-order valence-corrected chi connectivity index (χ3v) is 6.57. The van der Waals surface area contributed by atoms with Crippen molar-refractivity contribution >= 4 is 5.97 Å². The van der Waals surface area contributed by atoms with Gasteiger partial charge in [-0.05, 0) is 19.3 Å². The normalized spacial score (nSPS) is 12.3. The van der Waals surface area contributed by atoms with E-state index in [1.165, 1.54) is 128 Å². The maximum absolute atomic E-state index is 10.4. The first-order valence-corrected chi connectivity index (χ1v) is 14.1. The quantitative estimate of drug-likeness (QED) is 0.132. The lowest BCUT2D eigenvalue weighted by molar-refractivity contribution is -0.137. The van der Waals surface area contributed by atoms with E-state index in [0.29, 0.717) is 6.42 Å². The molecule has 0 fully saturated rings. The average molecular weight is 441 g/mol. The molecule has 3 nitrogen and oxygen atoms in total. The third kappa shape index (κ3) is 27.4. The zero-order valence-corrected chi connectivity index (χ0v) is 21.1. The molecule has 186 valence electrons. The number of hydrogen-bond acceptors (Lipinski definition) is 2. The van der Waals surface area contributed by atoms with E-state index in [2.05, 4.69) is 6.92 Å². The van der Waals surface area contributed by atoms with Crippen molar-refractivity contribution in [3.05, 3.63) is 0 Å². The summed E-state index contributed by atoms with van der Waals surface area (Å²) >= 11 is 0. The number of carboxylic acids is 1. The Kier molecular flexibility index (Phi) is 25.2. The van der Waals surface area contributed by atoms with Crippen LogP contribution in [0.15, 0.2) is 0 Å². The Morgan fingerprint density at radius 3 is 1.13 bits per heavy atom. The van der Waals surface area contributed by atoms with Crippen LogP contribution >= 0.6 is 0 Å². The molecule has 0 aliphatic heterocycles. The number of rotatable bonds is 26. The second-order valence-electron chi connectivity index (χ2n) is 9.80. The minimum atomic E-state index is -0.667. The number of aliphatic hydroxyl groups excluding tert-OH is 1. The molecule has 1 unspecified atom stereocenters. The van der Waals surface area contributed by atoms with Gasteiger partial charge in [-0.1, -0.05) is 142 Å². The van der Waals surface area contributed by atoms with Gasteiger partial charge in [-0.3, -0.25) is 4.79 Å². The van der Waals surface area contributed by atoms with E-state index in [-0.39, 0.29) is 6.10 Å². The van der Waals surface area contributed by atoms with Crippen LogP contribution in [0.25, 0.3) is 0 Å². The van der Waals surface area contributed by atoms with Crippen molar-refractivity contribution in [1.82, 2.24) is 0 Å². The summed E-state index contributed by atoms with van der Waals surface area (Å²) in [4.78, 5) is 10.4. The molecule has 31 heavy (non-hydrogen) atoms. The Labute approximate surface area is 194 Å². The minimum Gasteiger partial charge on any atom is -0.481 e. The second kappa shape index (κ2) is 25.7. The summed E-state index contributed by atoms with van der Waals surface area (Å²) in [5, 5.41) is 18.7. The molecule has 1 atom stereocenters. The SMILES string of the molecule is CCCCCCCCCCCCCCC(O)CCCCCCCCCCCCC(=O)O. The second-order valence-corrected chi connectivity index (χ2v) is 9.80. The van der Waals surface area contributed by atoms with Gasteiger partial charge in [-0.25, -0.2) is 0 Å². The van der Waals surface area contributed by atoms with Crippen LogP contribution in [0.3, 0.4) is 0 Å². The first-order valence-electron chi connectivity index (χ1n) is 14.1. The van der Waals surface area contributed by atoms with Crippen LogP contribution in [-0.2, 0) is 4.79 Å². The molecular formula is C28H56O3. The molecule has 0 spiro atoms. The Morgan fingerprint density at radius 1 is 0.516 bits per heavy atom. The highest BCUT2D eigenvalue weighted by molar-refractivity contribution is 5.66. The van der Waals surface area contributed by atoms with Gasteiger partial charge in [0.15, 0.2) is 0 Å². The lowest BCUT2D eigenvalue weighted by atomic mass is 10.0. The van der Waals surface area contributed by atoms with Crippen molar-refractivity contribution in [2.45, 2.75) is 174 Å². The van der Waals surface area contributed by atoms with Crippen molar-refractivity contribution in [2.24, 2.45) is 0 Å². The maximum Gasteiger partial charge on any atom is 0.303 e. The zero-order chi connectivity index (χ0) is 22.8. The molecule has 0 aromatic rings. The fourth-order valence-corrected chi connectivity index (χ4v) is 4.44. The molecule has 0 bridgehead atoms. The summed E-state index contributed by atoms with van der Waals surface area (Å²) in [5.74, 6) is -0.667. The summed E-state index contributed by atoms with van der Waals surface area (Å²) < 4.78 is 0. The van der Waals surface area contributed by atoms with Crippen LogP contribution in [0.4, 0.5) is 0 Å². The van der Waals surface area contributed by atoms with Gasteiger partial charge in [0.25, 0.3) is 0 Å². The van der Waals surface area contributed by atoms with Crippen molar-refractivity contribution in [3.8, 4) is 0 Å². The molecule has 0 saturated carbocycles. The largest absolute Gasteiger partial charge is 0.481 e. The van der Waals surface area contributed by atoms with Crippen LogP contribution in [0.5, 0.6) is 0 Å². The molecule has 0 aliphatic carbocycles. The van der Waals surface area contributed by atoms with Gasteiger partial charge in [0.1, 0.15) is 0 Å². The lowest BCUT2D eigenvalue weighted by Crippen LogP contribution is -2.05. The summed E-state index contributed by atoms with van der Waals surface area (Å²) in [6, 6.07) is 0. The Balaban J connectivity index is 3.15. The molecule has 0 aliphatic rings. The van der Waals surface area contributed by atoms with E-state index in [9.17, 15) is 9.90 Å². The first-order chi connectivity index (χ1) is 15.2. The van der Waals surface area contributed by atoms with E-state index in [1.54, 1.807) is 0 Å². The zero-order valence-electron chi connectivity index (χ0n) is 21.1. The van der Waals surface area contributed by atoms with Gasteiger partial charge in [-0.2, -0.15) is 0 Å². The minimum absolute atomic E-state index is 0.0751. The van der Waals surface area contributed by atoms with Crippen LogP contribution in [0, 0.1) is 0 Å². The predicted octanol–water partition coefficient (Wildman–Crippen LogP) is 9.20. The Morgan fingerprint density at radius 2 is 0.806 bits per heavy atom. The Bertz CT molecular complexity index is 356. The summed E-state index contributed by atoms with van der Waals surface area (Å²) in [6.07, 6.45) is 30.7. The molecule has 0 radical (unpaired) electrons.